The summed E-state index contributed by atoms with van der Waals surface area (Å²) < 4.78 is 42.8. The van der Waals surface area contributed by atoms with E-state index in [1.54, 1.807) is 53.1 Å². The van der Waals surface area contributed by atoms with Crippen LogP contribution >= 0.6 is 0 Å². The van der Waals surface area contributed by atoms with Crippen LogP contribution in [-0.4, -0.2) is 64.1 Å². The summed E-state index contributed by atoms with van der Waals surface area (Å²) in [6, 6.07) is 24.1. The molecule has 4 aromatic rings. The van der Waals surface area contributed by atoms with Crippen molar-refractivity contribution < 1.29 is 22.8 Å². The van der Waals surface area contributed by atoms with E-state index in [9.17, 15) is 27.6 Å². The smallest absolute Gasteiger partial charge is 0.325 e. The van der Waals surface area contributed by atoms with E-state index in [4.69, 9.17) is 0 Å². The predicted molar refractivity (Wildman–Crippen MR) is 163 cm³/mol. The minimum Gasteiger partial charge on any atom is -0.325 e. The van der Waals surface area contributed by atoms with E-state index in [-0.39, 0.29) is 30.5 Å². The third-order valence-electron chi connectivity index (χ3n) is 8.03. The molecule has 45 heavy (non-hydrogen) atoms. The van der Waals surface area contributed by atoms with Crippen molar-refractivity contribution in [1.82, 2.24) is 19.8 Å². The fraction of sp³-hybridized carbons (Fsp3) is 0.273. The Balaban J connectivity index is 1.20. The molecule has 0 bridgehead atoms. The maximum absolute atomic E-state index is 13.7. The Kier molecular flexibility index (Phi) is 8.29. The number of fused-ring (bicyclic) bond motifs is 1. The van der Waals surface area contributed by atoms with E-state index in [1.807, 2.05) is 36.5 Å². The number of halogens is 3. The van der Waals surface area contributed by atoms with Crippen LogP contribution in [0.4, 0.5) is 23.7 Å². The molecule has 9 nitrogen and oxygen atoms in total. The number of benzene rings is 3. The number of likely N-dealkylation sites (tertiary alicyclic amines) is 1. The van der Waals surface area contributed by atoms with Crippen LogP contribution in [0.25, 0.3) is 0 Å². The average Bonchev–Trinajstić information content (AvgIpc) is 3.36. The van der Waals surface area contributed by atoms with Gasteiger partial charge in [0.2, 0.25) is 6.17 Å². The molecule has 3 aromatic carbocycles. The Morgan fingerprint density at radius 1 is 0.911 bits per heavy atom. The third kappa shape index (κ3) is 6.69. The number of carbonyl (C=O) groups is 2. The number of rotatable bonds is 6. The summed E-state index contributed by atoms with van der Waals surface area (Å²) >= 11 is 0. The standard InChI is InChI=1S/C33H31F3N6O3/c34-33(35,36)21-42-27-14-8-7-13-26(27)28(23-11-5-2-6-12-23)38-29(30(42)43)39-31(44)40-17-15-25(16-18-40)41-20-24(37-32(41)45)19-22-9-3-1-4-10-22/h1-14,20,25,29H,15-19,21H2,(H,37,45)(H,39,44). The SMILES string of the molecule is O=C(NC1N=C(c2ccccc2)c2ccccc2N(CC(F)(F)F)C1=O)N1CCC(n2cc(Cc3ccccc3)[nH]c2=O)CC1. The maximum Gasteiger partial charge on any atom is 0.406 e. The summed E-state index contributed by atoms with van der Waals surface area (Å²) in [5, 5.41) is 2.59. The van der Waals surface area contributed by atoms with Crippen molar-refractivity contribution in [3.05, 3.63) is 124 Å². The van der Waals surface area contributed by atoms with Crippen molar-refractivity contribution in [3.63, 3.8) is 0 Å². The topological polar surface area (TPSA) is 103 Å². The zero-order valence-electron chi connectivity index (χ0n) is 24.2. The minimum absolute atomic E-state index is 0.0589. The summed E-state index contributed by atoms with van der Waals surface area (Å²) in [6.45, 7) is -0.967. The van der Waals surface area contributed by atoms with Gasteiger partial charge in [-0.3, -0.25) is 14.3 Å². The van der Waals surface area contributed by atoms with Gasteiger partial charge in [0.05, 0.1) is 11.4 Å². The van der Waals surface area contributed by atoms with Gasteiger partial charge in [-0.05, 0) is 24.5 Å². The van der Waals surface area contributed by atoms with Crippen LogP contribution in [0.2, 0.25) is 0 Å². The molecular formula is C33H31F3N6O3. The molecular weight excluding hydrogens is 585 g/mol. The van der Waals surface area contributed by atoms with Crippen LogP contribution in [-0.2, 0) is 11.2 Å². The van der Waals surface area contributed by atoms with Crippen LogP contribution in [0.1, 0.15) is 41.3 Å². The second-order valence-corrected chi connectivity index (χ2v) is 11.1. The predicted octanol–water partition coefficient (Wildman–Crippen LogP) is 4.89. The third-order valence-corrected chi connectivity index (χ3v) is 8.03. The molecule has 3 heterocycles. The first-order valence-electron chi connectivity index (χ1n) is 14.7. The van der Waals surface area contributed by atoms with Gasteiger partial charge in [-0.1, -0.05) is 78.9 Å². The lowest BCUT2D eigenvalue weighted by molar-refractivity contribution is -0.133. The van der Waals surface area contributed by atoms with E-state index in [0.717, 1.165) is 11.3 Å². The molecule has 0 aliphatic carbocycles. The molecule has 1 unspecified atom stereocenters. The van der Waals surface area contributed by atoms with Gasteiger partial charge in [0.1, 0.15) is 6.54 Å². The molecule has 1 aromatic heterocycles. The number of alkyl halides is 3. The van der Waals surface area contributed by atoms with Crippen LogP contribution in [0.15, 0.2) is 101 Å². The number of aromatic amines is 1. The molecule has 0 radical (unpaired) electrons. The number of hydrogen-bond donors (Lipinski definition) is 2. The van der Waals surface area contributed by atoms with Crippen molar-refractivity contribution in [2.75, 3.05) is 24.5 Å². The number of anilines is 1. The number of hydrogen-bond acceptors (Lipinski definition) is 4. The highest BCUT2D eigenvalue weighted by molar-refractivity contribution is 6.20. The van der Waals surface area contributed by atoms with Crippen molar-refractivity contribution in [3.8, 4) is 0 Å². The van der Waals surface area contributed by atoms with Crippen molar-refractivity contribution in [2.45, 2.75) is 37.6 Å². The molecule has 6 rings (SSSR count). The Morgan fingerprint density at radius 3 is 2.24 bits per heavy atom. The van der Waals surface area contributed by atoms with Crippen molar-refractivity contribution in [2.24, 2.45) is 4.99 Å². The summed E-state index contributed by atoms with van der Waals surface area (Å²) in [5.41, 5.74) is 2.93. The molecule has 2 aliphatic heterocycles. The zero-order chi connectivity index (χ0) is 31.6. The second kappa shape index (κ2) is 12.5. The minimum atomic E-state index is -4.69. The molecule has 2 aliphatic rings. The van der Waals surface area contributed by atoms with Gasteiger partial charge in [-0.25, -0.2) is 14.6 Å². The summed E-state index contributed by atoms with van der Waals surface area (Å²) in [5.74, 6) is -0.987. The molecule has 1 saturated heterocycles. The van der Waals surface area contributed by atoms with Gasteiger partial charge in [-0.15, -0.1) is 0 Å². The van der Waals surface area contributed by atoms with E-state index >= 15 is 0 Å². The Bertz CT molecular complexity index is 1760. The van der Waals surface area contributed by atoms with E-state index in [1.165, 1.54) is 11.0 Å². The number of amides is 3. The van der Waals surface area contributed by atoms with Gasteiger partial charge >= 0.3 is 17.9 Å². The van der Waals surface area contributed by atoms with Crippen LogP contribution in [0.3, 0.4) is 0 Å². The average molecular weight is 617 g/mol. The normalized spacial score (nSPS) is 17.4. The summed E-state index contributed by atoms with van der Waals surface area (Å²) in [4.78, 5) is 49.4. The molecule has 1 atom stereocenters. The Labute approximate surface area is 257 Å². The summed E-state index contributed by atoms with van der Waals surface area (Å²) in [7, 11) is 0. The molecule has 0 spiro atoms. The Morgan fingerprint density at radius 2 is 1.56 bits per heavy atom. The number of piperidine rings is 1. The molecule has 232 valence electrons. The van der Waals surface area contributed by atoms with E-state index in [0.29, 0.717) is 41.0 Å². The quantitative estimate of drug-likeness (QED) is 0.323. The van der Waals surface area contributed by atoms with Crippen molar-refractivity contribution >= 4 is 23.3 Å². The Hall–Kier alpha value is -5.13. The number of nitrogens with zero attached hydrogens (tertiary/aromatic N) is 4. The maximum atomic E-state index is 13.7. The zero-order valence-corrected chi connectivity index (χ0v) is 24.2. The number of aliphatic imine (C=N–C) groups is 1. The monoisotopic (exact) mass is 616 g/mol. The first-order valence-corrected chi connectivity index (χ1v) is 14.7. The molecule has 2 N–H and O–H groups in total. The van der Waals surface area contributed by atoms with Gasteiger partial charge in [0.15, 0.2) is 0 Å². The number of benzodiazepines with no additional fused rings is 1. The lowest BCUT2D eigenvalue weighted by Crippen LogP contribution is -2.54. The number of nitrogens with one attached hydrogen (secondary N) is 2. The van der Waals surface area contributed by atoms with Gasteiger partial charge in [0.25, 0.3) is 5.91 Å². The fourth-order valence-electron chi connectivity index (χ4n) is 5.88. The number of imidazole rings is 1. The second-order valence-electron chi connectivity index (χ2n) is 11.1. The van der Waals surface area contributed by atoms with Gasteiger partial charge in [-0.2, -0.15) is 13.2 Å². The highest BCUT2D eigenvalue weighted by atomic mass is 19.4. The lowest BCUT2D eigenvalue weighted by Gasteiger charge is -2.33. The first-order chi connectivity index (χ1) is 21.7. The molecule has 3 amide bonds. The number of carbonyl (C=O) groups excluding carboxylic acids is 2. The molecule has 12 heteroatoms. The van der Waals surface area contributed by atoms with Crippen LogP contribution in [0.5, 0.6) is 0 Å². The number of para-hydroxylation sites is 1. The van der Waals surface area contributed by atoms with E-state index < -0.39 is 30.8 Å². The molecule has 1 fully saturated rings. The van der Waals surface area contributed by atoms with Crippen LogP contribution in [0, 0.1) is 0 Å². The first kappa shape index (κ1) is 29.9. The summed E-state index contributed by atoms with van der Waals surface area (Å²) in [6.07, 6.45) is -2.91. The highest BCUT2D eigenvalue weighted by Gasteiger charge is 2.40. The highest BCUT2D eigenvalue weighted by Crippen LogP contribution is 2.31. The fourth-order valence-corrected chi connectivity index (χ4v) is 5.88. The van der Waals surface area contributed by atoms with Crippen LogP contribution < -0.4 is 15.9 Å². The van der Waals surface area contributed by atoms with Gasteiger partial charge in [0, 0.05) is 48.6 Å². The van der Waals surface area contributed by atoms with Gasteiger partial charge < -0.3 is 15.2 Å². The number of aromatic nitrogens is 2. The molecule has 0 saturated carbocycles. The number of H-pyrrole nitrogens is 1. The van der Waals surface area contributed by atoms with E-state index in [2.05, 4.69) is 15.3 Å². The largest absolute Gasteiger partial charge is 0.406 e. The number of urea groups is 1. The van der Waals surface area contributed by atoms with Crippen molar-refractivity contribution in [1.29, 1.82) is 0 Å². The lowest BCUT2D eigenvalue weighted by atomic mass is 10.0.